The number of carboxylic acid groups (broad SMARTS) is 1. The second-order valence-electron chi connectivity index (χ2n) is 5.16. The van der Waals surface area contributed by atoms with Crippen LogP contribution in [0.1, 0.15) is 20.7 Å². The van der Waals surface area contributed by atoms with Gasteiger partial charge < -0.3 is 25.2 Å². The van der Waals surface area contributed by atoms with Crippen molar-refractivity contribution in [1.82, 2.24) is 9.55 Å². The van der Waals surface area contributed by atoms with Crippen LogP contribution in [0.2, 0.25) is 0 Å². The molecule has 1 heterocycles. The highest BCUT2D eigenvalue weighted by molar-refractivity contribution is 6.07. The molecule has 1 amide bonds. The number of aromatic nitrogens is 2. The molecular formula is C17H13N3O5. The zero-order chi connectivity index (χ0) is 18.0. The van der Waals surface area contributed by atoms with E-state index in [0.717, 1.165) is 6.07 Å². The number of benzene rings is 2. The van der Waals surface area contributed by atoms with Gasteiger partial charge in [0.15, 0.2) is 0 Å². The Morgan fingerprint density at radius 2 is 1.72 bits per heavy atom. The van der Waals surface area contributed by atoms with Gasteiger partial charge in [-0.1, -0.05) is 0 Å². The second-order valence-corrected chi connectivity index (χ2v) is 5.16. The van der Waals surface area contributed by atoms with Gasteiger partial charge in [-0.05, 0) is 36.4 Å². The number of rotatable bonds is 4. The maximum Gasteiger partial charge on any atom is 0.339 e. The minimum absolute atomic E-state index is 0.0103. The Balaban J connectivity index is 1.90. The Hall–Kier alpha value is -3.81. The van der Waals surface area contributed by atoms with E-state index in [4.69, 9.17) is 5.11 Å². The lowest BCUT2D eigenvalue weighted by Gasteiger charge is -2.10. The number of aromatic carboxylic acids is 1. The fourth-order valence-electron chi connectivity index (χ4n) is 2.26. The number of nitrogens with one attached hydrogen (secondary N) is 1. The molecule has 1 aromatic heterocycles. The van der Waals surface area contributed by atoms with Crippen molar-refractivity contribution in [3.8, 4) is 17.2 Å². The molecule has 8 heteroatoms. The largest absolute Gasteiger partial charge is 0.507 e. The first-order valence-electron chi connectivity index (χ1n) is 7.14. The third-order valence-corrected chi connectivity index (χ3v) is 3.51. The highest BCUT2D eigenvalue weighted by atomic mass is 16.4. The Morgan fingerprint density at radius 3 is 2.40 bits per heavy atom. The first-order chi connectivity index (χ1) is 12.0. The first kappa shape index (κ1) is 16.1. The van der Waals surface area contributed by atoms with Crippen molar-refractivity contribution in [2.75, 3.05) is 5.32 Å². The molecule has 0 bridgehead atoms. The molecular weight excluding hydrogens is 326 g/mol. The van der Waals surface area contributed by atoms with E-state index in [-0.39, 0.29) is 22.6 Å². The molecule has 0 saturated heterocycles. The molecule has 3 rings (SSSR count). The molecule has 0 radical (unpaired) electrons. The van der Waals surface area contributed by atoms with Crippen LogP contribution >= 0.6 is 0 Å². The summed E-state index contributed by atoms with van der Waals surface area (Å²) in [5, 5.41) is 31.0. The summed E-state index contributed by atoms with van der Waals surface area (Å²) in [6, 6.07) is 8.13. The summed E-state index contributed by atoms with van der Waals surface area (Å²) in [6.07, 6.45) is 4.82. The number of aromatic hydroxyl groups is 2. The highest BCUT2D eigenvalue weighted by Gasteiger charge is 2.15. The minimum Gasteiger partial charge on any atom is -0.507 e. The van der Waals surface area contributed by atoms with E-state index in [9.17, 15) is 19.8 Å². The van der Waals surface area contributed by atoms with Gasteiger partial charge in [-0.3, -0.25) is 4.79 Å². The summed E-state index contributed by atoms with van der Waals surface area (Å²) in [4.78, 5) is 27.4. The fraction of sp³-hybridized carbons (Fsp3) is 0. The zero-order valence-electron chi connectivity index (χ0n) is 12.7. The summed E-state index contributed by atoms with van der Waals surface area (Å²) < 4.78 is 1.67. The lowest BCUT2D eigenvalue weighted by Crippen LogP contribution is -2.13. The number of anilines is 1. The van der Waals surface area contributed by atoms with Crippen molar-refractivity contribution in [2.45, 2.75) is 0 Å². The molecule has 8 nitrogen and oxygen atoms in total. The van der Waals surface area contributed by atoms with Crippen LogP contribution in [-0.2, 0) is 0 Å². The van der Waals surface area contributed by atoms with E-state index in [1.54, 1.807) is 29.4 Å². The summed E-state index contributed by atoms with van der Waals surface area (Å²) >= 11 is 0. The quantitative estimate of drug-likeness (QED) is 0.540. The predicted molar refractivity (Wildman–Crippen MR) is 88.2 cm³/mol. The third-order valence-electron chi connectivity index (χ3n) is 3.51. The van der Waals surface area contributed by atoms with Gasteiger partial charge in [0.25, 0.3) is 5.91 Å². The van der Waals surface area contributed by atoms with Crippen molar-refractivity contribution in [2.24, 2.45) is 0 Å². The number of hydrogen-bond acceptors (Lipinski definition) is 5. The number of phenols is 2. The summed E-state index contributed by atoms with van der Waals surface area (Å²) in [5.74, 6) is -2.57. The van der Waals surface area contributed by atoms with Crippen molar-refractivity contribution in [1.29, 1.82) is 0 Å². The van der Waals surface area contributed by atoms with Gasteiger partial charge in [-0.2, -0.15) is 0 Å². The number of carbonyl (C=O) groups is 2. The van der Waals surface area contributed by atoms with Crippen LogP contribution in [0.3, 0.4) is 0 Å². The maximum absolute atomic E-state index is 12.4. The molecule has 2 aromatic carbocycles. The van der Waals surface area contributed by atoms with Gasteiger partial charge in [0, 0.05) is 23.8 Å². The Bertz CT molecular complexity index is 951. The molecule has 0 fully saturated rings. The average molecular weight is 339 g/mol. The molecule has 0 aliphatic heterocycles. The van der Waals surface area contributed by atoms with Gasteiger partial charge >= 0.3 is 5.97 Å². The van der Waals surface area contributed by atoms with E-state index in [0.29, 0.717) is 5.69 Å². The Labute approximate surface area is 141 Å². The van der Waals surface area contributed by atoms with E-state index in [1.165, 1.54) is 24.3 Å². The van der Waals surface area contributed by atoms with Crippen LogP contribution in [0, 0.1) is 0 Å². The lowest BCUT2D eigenvalue weighted by atomic mass is 10.1. The van der Waals surface area contributed by atoms with Crippen LogP contribution in [0.15, 0.2) is 55.1 Å². The Kier molecular flexibility index (Phi) is 4.09. The normalized spacial score (nSPS) is 10.4. The summed E-state index contributed by atoms with van der Waals surface area (Å²) in [5.41, 5.74) is 0.468. The topological polar surface area (TPSA) is 125 Å². The van der Waals surface area contributed by atoms with E-state index < -0.39 is 17.6 Å². The minimum atomic E-state index is -1.32. The molecule has 4 N–H and O–H groups in total. The van der Waals surface area contributed by atoms with Crippen LogP contribution < -0.4 is 5.32 Å². The van der Waals surface area contributed by atoms with Gasteiger partial charge in [0.1, 0.15) is 17.1 Å². The summed E-state index contributed by atoms with van der Waals surface area (Å²) in [7, 11) is 0. The average Bonchev–Trinajstić information content (AvgIpc) is 3.11. The number of carbonyl (C=O) groups excluding carboxylic acids is 1. The lowest BCUT2D eigenvalue weighted by molar-refractivity contribution is 0.0693. The molecule has 0 aliphatic carbocycles. The van der Waals surface area contributed by atoms with Crippen LogP contribution in [-0.4, -0.2) is 36.7 Å². The van der Waals surface area contributed by atoms with Crippen LogP contribution in [0.5, 0.6) is 11.5 Å². The third kappa shape index (κ3) is 3.27. The molecule has 3 aromatic rings. The van der Waals surface area contributed by atoms with Crippen molar-refractivity contribution < 1.29 is 24.9 Å². The number of hydrogen-bond donors (Lipinski definition) is 4. The smallest absolute Gasteiger partial charge is 0.339 e. The van der Waals surface area contributed by atoms with Gasteiger partial charge in [-0.25, -0.2) is 9.78 Å². The number of carboxylic acids is 1. The van der Waals surface area contributed by atoms with Crippen molar-refractivity contribution in [3.63, 3.8) is 0 Å². The molecule has 0 spiro atoms. The second kappa shape index (κ2) is 6.36. The van der Waals surface area contributed by atoms with Crippen molar-refractivity contribution in [3.05, 3.63) is 66.2 Å². The number of nitrogens with zero attached hydrogens (tertiary/aromatic N) is 2. The van der Waals surface area contributed by atoms with E-state index >= 15 is 0 Å². The van der Waals surface area contributed by atoms with E-state index in [2.05, 4.69) is 10.3 Å². The first-order valence-corrected chi connectivity index (χ1v) is 7.14. The van der Waals surface area contributed by atoms with Crippen molar-refractivity contribution >= 4 is 17.6 Å². The monoisotopic (exact) mass is 339 g/mol. The molecule has 0 atom stereocenters. The van der Waals surface area contributed by atoms with Crippen LogP contribution in [0.25, 0.3) is 5.69 Å². The Morgan fingerprint density at radius 1 is 1.00 bits per heavy atom. The fourth-order valence-corrected chi connectivity index (χ4v) is 2.26. The molecule has 126 valence electrons. The number of phenolic OH excluding ortho intramolecular Hbond substituents is 1. The molecule has 0 unspecified atom stereocenters. The predicted octanol–water partition coefficient (Wildman–Crippen LogP) is 2.23. The highest BCUT2D eigenvalue weighted by Crippen LogP contribution is 2.25. The standard InChI is InChI=1S/C17H13N3O5/c21-14-4-2-11(20-6-5-18-9-20)8-12(14)16(23)19-10-1-3-15(22)13(7-10)17(24)25/h1-9,21-22H,(H,19,23)(H,24,25). The molecule has 0 aliphatic rings. The van der Waals surface area contributed by atoms with E-state index in [1.807, 2.05) is 0 Å². The zero-order valence-corrected chi connectivity index (χ0v) is 12.7. The number of amides is 1. The SMILES string of the molecule is O=C(O)c1cc(NC(=O)c2cc(-n3ccnc3)ccc2O)ccc1O. The number of imidazole rings is 1. The maximum atomic E-state index is 12.4. The van der Waals surface area contributed by atoms with Gasteiger partial charge in [-0.15, -0.1) is 0 Å². The molecule has 0 saturated carbocycles. The van der Waals surface area contributed by atoms with Gasteiger partial charge in [0.2, 0.25) is 0 Å². The summed E-state index contributed by atoms with van der Waals surface area (Å²) in [6.45, 7) is 0. The molecule has 25 heavy (non-hydrogen) atoms. The van der Waals surface area contributed by atoms with Crippen LogP contribution in [0.4, 0.5) is 5.69 Å². The van der Waals surface area contributed by atoms with Gasteiger partial charge in [0.05, 0.1) is 11.9 Å².